The van der Waals surface area contributed by atoms with Crippen LogP contribution in [0.3, 0.4) is 0 Å². The Balaban J connectivity index is 1.37. The molecule has 0 amide bonds. The van der Waals surface area contributed by atoms with E-state index in [1.54, 1.807) is 0 Å². The molecule has 2 aliphatic rings. The summed E-state index contributed by atoms with van der Waals surface area (Å²) in [5.41, 5.74) is 13.7. The molecule has 25 heavy (non-hydrogen) atoms. The molecule has 3 heterocycles. The molecule has 2 atom stereocenters. The third kappa shape index (κ3) is 3.98. The Bertz CT molecular complexity index is 683. The maximum absolute atomic E-state index is 5.93. The Morgan fingerprint density at radius 1 is 1.08 bits per heavy atom. The number of piperidine rings is 1. The van der Waals surface area contributed by atoms with Gasteiger partial charge in [0.25, 0.3) is 0 Å². The molecule has 2 aromatic rings. The lowest BCUT2D eigenvalue weighted by Crippen LogP contribution is -2.43. The van der Waals surface area contributed by atoms with Crippen molar-refractivity contribution >= 4 is 5.82 Å². The summed E-state index contributed by atoms with van der Waals surface area (Å²) in [4.78, 5) is 11.6. The van der Waals surface area contributed by atoms with Crippen LogP contribution in [0.1, 0.15) is 30.7 Å². The lowest BCUT2D eigenvalue weighted by molar-refractivity contribution is 0.310. The van der Waals surface area contributed by atoms with Crippen molar-refractivity contribution in [2.75, 3.05) is 18.0 Å². The summed E-state index contributed by atoms with van der Waals surface area (Å²) in [5.74, 6) is 2.62. The van der Waals surface area contributed by atoms with Gasteiger partial charge in [-0.15, -0.1) is 0 Å². The number of nitrogens with one attached hydrogen (secondary N) is 2. The predicted octanol–water partition coefficient (Wildman–Crippen LogP) is 1.44. The first-order chi connectivity index (χ1) is 12.3. The zero-order valence-corrected chi connectivity index (χ0v) is 14.4. The average Bonchev–Trinajstić information content (AvgIpc) is 3.09. The van der Waals surface area contributed by atoms with E-state index in [4.69, 9.17) is 10.7 Å². The van der Waals surface area contributed by atoms with E-state index >= 15 is 0 Å². The highest BCUT2D eigenvalue weighted by atomic mass is 15.4. The van der Waals surface area contributed by atoms with Crippen LogP contribution in [0, 0.1) is 5.92 Å². The molecule has 0 saturated carbocycles. The van der Waals surface area contributed by atoms with Gasteiger partial charge >= 0.3 is 0 Å². The number of aromatic nitrogens is 2. The molecule has 6 heteroatoms. The second kappa shape index (κ2) is 7.47. The van der Waals surface area contributed by atoms with Gasteiger partial charge in [-0.25, -0.2) is 15.4 Å². The Kier molecular flexibility index (Phi) is 4.92. The minimum absolute atomic E-state index is 0.0884. The van der Waals surface area contributed by atoms with Crippen molar-refractivity contribution in [1.82, 2.24) is 20.8 Å². The van der Waals surface area contributed by atoms with Gasteiger partial charge in [-0.05, 0) is 36.8 Å². The minimum Gasteiger partial charge on any atom is -0.356 e. The van der Waals surface area contributed by atoms with Crippen molar-refractivity contribution in [3.05, 3.63) is 54.0 Å². The first kappa shape index (κ1) is 16.4. The van der Waals surface area contributed by atoms with Gasteiger partial charge in [0.2, 0.25) is 0 Å². The van der Waals surface area contributed by atoms with Crippen molar-refractivity contribution in [3.63, 3.8) is 0 Å². The number of nitrogens with zero attached hydrogens (tertiary/aromatic N) is 3. The topological polar surface area (TPSA) is 79.1 Å². The molecule has 0 bridgehead atoms. The van der Waals surface area contributed by atoms with Crippen molar-refractivity contribution in [1.29, 1.82) is 0 Å². The fourth-order valence-electron chi connectivity index (χ4n) is 3.87. The van der Waals surface area contributed by atoms with Gasteiger partial charge in [0.05, 0.1) is 6.17 Å². The van der Waals surface area contributed by atoms with Crippen LogP contribution in [-0.4, -0.2) is 35.3 Å². The van der Waals surface area contributed by atoms with Crippen LogP contribution in [0.2, 0.25) is 0 Å². The van der Waals surface area contributed by atoms with Gasteiger partial charge in [-0.2, -0.15) is 0 Å². The van der Waals surface area contributed by atoms with E-state index in [0.29, 0.717) is 12.0 Å². The maximum atomic E-state index is 5.93. The van der Waals surface area contributed by atoms with Crippen LogP contribution in [-0.2, 0) is 6.42 Å². The highest BCUT2D eigenvalue weighted by Gasteiger charge is 2.31. The molecule has 2 unspecified atom stereocenters. The van der Waals surface area contributed by atoms with Gasteiger partial charge < -0.3 is 10.6 Å². The van der Waals surface area contributed by atoms with Gasteiger partial charge in [0.15, 0.2) is 0 Å². The molecule has 6 nitrogen and oxygen atoms in total. The molecule has 2 saturated heterocycles. The largest absolute Gasteiger partial charge is 0.356 e. The van der Waals surface area contributed by atoms with Crippen molar-refractivity contribution < 1.29 is 0 Å². The lowest BCUT2D eigenvalue weighted by Gasteiger charge is -2.35. The van der Waals surface area contributed by atoms with E-state index in [1.165, 1.54) is 18.4 Å². The van der Waals surface area contributed by atoms with E-state index in [9.17, 15) is 0 Å². The number of anilines is 1. The number of hydrogen-bond donors (Lipinski definition) is 3. The zero-order valence-electron chi connectivity index (χ0n) is 14.4. The molecule has 4 N–H and O–H groups in total. The standard InChI is InChI=1S/C19H26N6/c20-17-13-16(23-24-17)15-7-10-25(11-8-15)19-6-9-21-18(22-19)12-14-4-2-1-3-5-14/h1-6,9,15-17,23-24H,7-8,10-13,20H2. The molecular weight excluding hydrogens is 312 g/mol. The second-order valence-electron chi connectivity index (χ2n) is 7.06. The van der Waals surface area contributed by atoms with E-state index in [0.717, 1.165) is 37.6 Å². The van der Waals surface area contributed by atoms with Crippen LogP contribution in [0.5, 0.6) is 0 Å². The molecule has 0 spiro atoms. The molecule has 2 fully saturated rings. The number of rotatable bonds is 4. The summed E-state index contributed by atoms with van der Waals surface area (Å²) in [6, 6.07) is 12.9. The summed E-state index contributed by atoms with van der Waals surface area (Å²) in [6.45, 7) is 2.08. The molecule has 2 aliphatic heterocycles. The number of nitrogens with two attached hydrogens (primary N) is 1. The Labute approximate surface area is 148 Å². The third-order valence-corrected chi connectivity index (χ3v) is 5.29. The fraction of sp³-hybridized carbons (Fsp3) is 0.474. The van der Waals surface area contributed by atoms with Gasteiger partial charge in [0, 0.05) is 31.7 Å². The van der Waals surface area contributed by atoms with Crippen molar-refractivity contribution in [2.24, 2.45) is 11.7 Å². The van der Waals surface area contributed by atoms with E-state index < -0.39 is 0 Å². The number of hydrazine groups is 1. The third-order valence-electron chi connectivity index (χ3n) is 5.29. The summed E-state index contributed by atoms with van der Waals surface area (Å²) in [7, 11) is 0. The van der Waals surface area contributed by atoms with Gasteiger partial charge in [0.1, 0.15) is 11.6 Å². The summed E-state index contributed by atoms with van der Waals surface area (Å²) in [5, 5.41) is 0. The molecule has 1 aromatic carbocycles. The van der Waals surface area contributed by atoms with Gasteiger partial charge in [-0.1, -0.05) is 30.3 Å². The molecule has 0 aliphatic carbocycles. The van der Waals surface area contributed by atoms with E-state index in [1.807, 2.05) is 18.3 Å². The Morgan fingerprint density at radius 2 is 1.88 bits per heavy atom. The maximum Gasteiger partial charge on any atom is 0.135 e. The van der Waals surface area contributed by atoms with Crippen LogP contribution in [0.4, 0.5) is 5.82 Å². The summed E-state index contributed by atoms with van der Waals surface area (Å²) >= 11 is 0. The SMILES string of the molecule is NC1CC(C2CCN(c3ccnc(Cc4ccccc4)n3)CC2)NN1. The van der Waals surface area contributed by atoms with E-state index in [-0.39, 0.29) is 6.17 Å². The quantitative estimate of drug-likeness (QED) is 0.783. The number of benzene rings is 1. The van der Waals surface area contributed by atoms with Crippen LogP contribution >= 0.6 is 0 Å². The fourth-order valence-corrected chi connectivity index (χ4v) is 3.87. The highest BCUT2D eigenvalue weighted by molar-refractivity contribution is 5.38. The van der Waals surface area contributed by atoms with E-state index in [2.05, 4.69) is 45.0 Å². The average molecular weight is 338 g/mol. The Hall–Kier alpha value is -2.02. The Morgan fingerprint density at radius 3 is 2.60 bits per heavy atom. The van der Waals surface area contributed by atoms with Crippen molar-refractivity contribution in [3.8, 4) is 0 Å². The first-order valence-corrected chi connectivity index (χ1v) is 9.15. The molecule has 1 aromatic heterocycles. The van der Waals surface area contributed by atoms with Crippen molar-refractivity contribution in [2.45, 2.75) is 37.9 Å². The molecule has 0 radical (unpaired) electrons. The molecule has 132 valence electrons. The van der Waals surface area contributed by atoms with Crippen LogP contribution < -0.4 is 21.5 Å². The summed E-state index contributed by atoms with van der Waals surface area (Å²) in [6.07, 6.45) is 6.10. The van der Waals surface area contributed by atoms with Crippen LogP contribution in [0.25, 0.3) is 0 Å². The van der Waals surface area contributed by atoms with Crippen LogP contribution in [0.15, 0.2) is 42.6 Å². The highest BCUT2D eigenvalue weighted by Crippen LogP contribution is 2.26. The molecule has 4 rings (SSSR count). The predicted molar refractivity (Wildman–Crippen MR) is 98.9 cm³/mol. The monoisotopic (exact) mass is 338 g/mol. The zero-order chi connectivity index (χ0) is 17.1. The second-order valence-corrected chi connectivity index (χ2v) is 7.06. The summed E-state index contributed by atoms with van der Waals surface area (Å²) < 4.78 is 0. The normalized spacial score (nSPS) is 24.6. The smallest absolute Gasteiger partial charge is 0.135 e. The minimum atomic E-state index is 0.0884. The lowest BCUT2D eigenvalue weighted by atomic mass is 9.88. The number of hydrogen-bond acceptors (Lipinski definition) is 6. The first-order valence-electron chi connectivity index (χ1n) is 9.15. The van der Waals surface area contributed by atoms with Gasteiger partial charge in [-0.3, -0.25) is 5.43 Å². The molecular formula is C19H26N6.